The van der Waals surface area contributed by atoms with Gasteiger partial charge < -0.3 is 0 Å². The van der Waals surface area contributed by atoms with Gasteiger partial charge in [-0.1, -0.05) is 34.1 Å². The monoisotopic (exact) mass is 259 g/mol. The van der Waals surface area contributed by atoms with Gasteiger partial charge >= 0.3 is 0 Å². The second-order valence-corrected chi connectivity index (χ2v) is 5.72. The van der Waals surface area contributed by atoms with E-state index < -0.39 is 3.78 Å². The van der Waals surface area contributed by atoms with Gasteiger partial charge in [-0.3, -0.25) is 4.99 Å². The molecule has 0 aliphatic carbocycles. The number of nitrogens with zero attached hydrogens (tertiary/aromatic N) is 1. The first-order valence-corrected chi connectivity index (χ1v) is 5.16. The second-order valence-electron chi connectivity index (χ2n) is 2.92. The molecule has 0 bridgehead atoms. The number of hydrogen-bond acceptors (Lipinski definition) is 1. The Balaban J connectivity index is 2.90. The standard InChI is InChI=1S/C10H11BrClN/c1-8(10(2,11)12)13-9-6-4-3-5-7-9/h3-7H,1-2H3. The van der Waals surface area contributed by atoms with Crippen LogP contribution in [-0.2, 0) is 0 Å². The molecule has 13 heavy (non-hydrogen) atoms. The zero-order valence-electron chi connectivity index (χ0n) is 7.59. The van der Waals surface area contributed by atoms with Crippen molar-refractivity contribution in [2.24, 2.45) is 4.99 Å². The van der Waals surface area contributed by atoms with E-state index in [1.54, 1.807) is 0 Å². The van der Waals surface area contributed by atoms with Crippen molar-refractivity contribution in [2.75, 3.05) is 0 Å². The van der Waals surface area contributed by atoms with Crippen LogP contribution in [0.5, 0.6) is 0 Å². The minimum Gasteiger partial charge on any atom is -0.255 e. The summed E-state index contributed by atoms with van der Waals surface area (Å²) in [5.41, 5.74) is 1.77. The van der Waals surface area contributed by atoms with Gasteiger partial charge in [0.1, 0.15) is 3.78 Å². The average Bonchev–Trinajstić information content (AvgIpc) is 2.04. The lowest BCUT2D eigenvalue weighted by molar-refractivity contribution is 1.20. The molecule has 3 heteroatoms. The Bertz CT molecular complexity index is 300. The van der Waals surface area contributed by atoms with Crippen LogP contribution >= 0.6 is 27.5 Å². The summed E-state index contributed by atoms with van der Waals surface area (Å²) < 4.78 is -0.553. The van der Waals surface area contributed by atoms with Crippen LogP contribution in [0.2, 0.25) is 0 Å². The molecule has 0 saturated carbocycles. The molecule has 1 atom stereocenters. The molecule has 70 valence electrons. The third kappa shape index (κ3) is 3.49. The maximum Gasteiger partial charge on any atom is 0.134 e. The average molecular weight is 261 g/mol. The van der Waals surface area contributed by atoms with Gasteiger partial charge in [0.25, 0.3) is 0 Å². The fourth-order valence-corrected chi connectivity index (χ4v) is 0.925. The molecule has 0 saturated heterocycles. The molecule has 1 nitrogen and oxygen atoms in total. The van der Waals surface area contributed by atoms with Crippen molar-refractivity contribution in [1.82, 2.24) is 0 Å². The lowest BCUT2D eigenvalue weighted by atomic mass is 10.3. The molecule has 0 heterocycles. The minimum absolute atomic E-state index is 0.553. The van der Waals surface area contributed by atoms with Crippen LogP contribution in [0.25, 0.3) is 0 Å². The van der Waals surface area contributed by atoms with E-state index in [-0.39, 0.29) is 0 Å². The van der Waals surface area contributed by atoms with Crippen LogP contribution in [0.15, 0.2) is 35.3 Å². The van der Waals surface area contributed by atoms with Crippen molar-refractivity contribution in [2.45, 2.75) is 17.6 Å². The Labute approximate surface area is 92.0 Å². The van der Waals surface area contributed by atoms with Crippen molar-refractivity contribution < 1.29 is 0 Å². The first-order chi connectivity index (χ1) is 6.00. The number of alkyl halides is 2. The molecule has 1 rings (SSSR count). The largest absolute Gasteiger partial charge is 0.255 e. The highest BCUT2D eigenvalue weighted by Gasteiger charge is 2.19. The highest BCUT2D eigenvalue weighted by Crippen LogP contribution is 2.26. The first kappa shape index (κ1) is 10.7. The fraction of sp³-hybridized carbons (Fsp3) is 0.300. The minimum atomic E-state index is -0.553. The molecular formula is C10H11BrClN. The van der Waals surface area contributed by atoms with Crippen molar-refractivity contribution >= 4 is 38.9 Å². The number of rotatable bonds is 2. The number of benzene rings is 1. The fourth-order valence-electron chi connectivity index (χ4n) is 0.794. The predicted octanol–water partition coefficient (Wildman–Crippen LogP) is 4.13. The second kappa shape index (κ2) is 4.25. The Morgan fingerprint density at radius 2 is 1.92 bits per heavy atom. The molecule has 0 amide bonds. The third-order valence-electron chi connectivity index (χ3n) is 1.69. The number of hydrogen-bond donors (Lipinski definition) is 0. The van der Waals surface area contributed by atoms with Crippen molar-refractivity contribution in [3.05, 3.63) is 30.3 Å². The highest BCUT2D eigenvalue weighted by molar-refractivity contribution is 9.10. The summed E-state index contributed by atoms with van der Waals surface area (Å²) in [4.78, 5) is 4.37. The molecule has 0 radical (unpaired) electrons. The van der Waals surface area contributed by atoms with Crippen LogP contribution in [0.1, 0.15) is 13.8 Å². The van der Waals surface area contributed by atoms with E-state index in [0.717, 1.165) is 11.4 Å². The van der Waals surface area contributed by atoms with E-state index in [2.05, 4.69) is 20.9 Å². The van der Waals surface area contributed by atoms with Crippen molar-refractivity contribution in [3.8, 4) is 0 Å². The number of aliphatic imine (C=N–C) groups is 1. The number of halogens is 2. The van der Waals surface area contributed by atoms with Crippen LogP contribution < -0.4 is 0 Å². The SMILES string of the molecule is CC(=Nc1ccccc1)C(C)(Cl)Br. The summed E-state index contributed by atoms with van der Waals surface area (Å²) in [7, 11) is 0. The van der Waals surface area contributed by atoms with Crippen LogP contribution in [-0.4, -0.2) is 9.50 Å². The summed E-state index contributed by atoms with van der Waals surface area (Å²) >= 11 is 9.36. The summed E-state index contributed by atoms with van der Waals surface area (Å²) in [5.74, 6) is 0. The number of para-hydroxylation sites is 1. The predicted molar refractivity (Wildman–Crippen MR) is 62.4 cm³/mol. The normalized spacial score (nSPS) is 16.8. The zero-order valence-corrected chi connectivity index (χ0v) is 9.93. The van der Waals surface area contributed by atoms with Gasteiger partial charge in [-0.05, 0) is 26.0 Å². The molecule has 0 aliphatic heterocycles. The van der Waals surface area contributed by atoms with Crippen LogP contribution in [0.3, 0.4) is 0 Å². The van der Waals surface area contributed by atoms with E-state index >= 15 is 0 Å². The Morgan fingerprint density at radius 3 is 2.38 bits per heavy atom. The highest BCUT2D eigenvalue weighted by atomic mass is 79.9. The molecule has 0 aliphatic rings. The van der Waals surface area contributed by atoms with Gasteiger partial charge in [0.2, 0.25) is 0 Å². The molecule has 0 spiro atoms. The zero-order chi connectivity index (χ0) is 9.90. The van der Waals surface area contributed by atoms with Gasteiger partial charge in [0.15, 0.2) is 0 Å². The summed E-state index contributed by atoms with van der Waals surface area (Å²) in [5, 5.41) is 0. The maximum atomic E-state index is 6.02. The van der Waals surface area contributed by atoms with Crippen molar-refractivity contribution in [3.63, 3.8) is 0 Å². The lowest BCUT2D eigenvalue weighted by Crippen LogP contribution is -2.16. The maximum absolute atomic E-state index is 6.02. The molecule has 1 unspecified atom stereocenters. The molecule has 1 aromatic carbocycles. The van der Waals surface area contributed by atoms with E-state index in [1.165, 1.54) is 0 Å². The summed E-state index contributed by atoms with van der Waals surface area (Å²) in [6.45, 7) is 3.76. The summed E-state index contributed by atoms with van der Waals surface area (Å²) in [6, 6.07) is 9.75. The smallest absolute Gasteiger partial charge is 0.134 e. The molecular weight excluding hydrogens is 249 g/mol. The van der Waals surface area contributed by atoms with E-state index in [4.69, 9.17) is 11.6 Å². The quantitative estimate of drug-likeness (QED) is 0.560. The molecule has 1 aromatic rings. The Kier molecular flexibility index (Phi) is 3.51. The first-order valence-electron chi connectivity index (χ1n) is 3.99. The van der Waals surface area contributed by atoms with E-state index in [1.807, 2.05) is 44.2 Å². The topological polar surface area (TPSA) is 12.4 Å². The van der Waals surface area contributed by atoms with Crippen molar-refractivity contribution in [1.29, 1.82) is 0 Å². The van der Waals surface area contributed by atoms with Gasteiger partial charge in [0, 0.05) is 5.71 Å². The van der Waals surface area contributed by atoms with Crippen LogP contribution in [0, 0.1) is 0 Å². The molecule has 0 N–H and O–H groups in total. The van der Waals surface area contributed by atoms with Crippen LogP contribution in [0.4, 0.5) is 5.69 Å². The Morgan fingerprint density at radius 1 is 1.38 bits per heavy atom. The molecule has 0 fully saturated rings. The Hall–Kier alpha value is -0.340. The third-order valence-corrected chi connectivity index (χ3v) is 2.54. The van der Waals surface area contributed by atoms with E-state index in [9.17, 15) is 0 Å². The van der Waals surface area contributed by atoms with Gasteiger partial charge in [-0.15, -0.1) is 11.6 Å². The van der Waals surface area contributed by atoms with Gasteiger partial charge in [-0.25, -0.2) is 0 Å². The lowest BCUT2D eigenvalue weighted by Gasteiger charge is -2.12. The summed E-state index contributed by atoms with van der Waals surface area (Å²) in [6.07, 6.45) is 0. The van der Waals surface area contributed by atoms with Gasteiger partial charge in [0.05, 0.1) is 5.69 Å². The molecule has 0 aromatic heterocycles. The van der Waals surface area contributed by atoms with Gasteiger partial charge in [-0.2, -0.15) is 0 Å². The van der Waals surface area contributed by atoms with E-state index in [0.29, 0.717) is 0 Å².